The summed E-state index contributed by atoms with van der Waals surface area (Å²) in [5.41, 5.74) is 6.73. The molecule has 0 saturated carbocycles. The standard InChI is InChI=1S/C10H6ClFN2S/c1-4-2-6(12)8(11)9-7(4)5(3-13)10(14)15-9/h2H,14H2,1H3. The number of nitriles is 1. The topological polar surface area (TPSA) is 49.8 Å². The van der Waals surface area contributed by atoms with Crippen molar-refractivity contribution in [3.8, 4) is 6.07 Å². The highest BCUT2D eigenvalue weighted by atomic mass is 35.5. The molecule has 2 aromatic rings. The Bertz CT molecular complexity index is 598. The Morgan fingerprint density at radius 3 is 2.87 bits per heavy atom. The SMILES string of the molecule is Cc1cc(F)c(Cl)c2sc(N)c(C#N)c12. The van der Waals surface area contributed by atoms with E-state index < -0.39 is 5.82 Å². The number of rotatable bonds is 0. The van der Waals surface area contributed by atoms with Crippen LogP contribution < -0.4 is 5.73 Å². The first-order valence-electron chi connectivity index (χ1n) is 4.13. The monoisotopic (exact) mass is 240 g/mol. The molecule has 0 spiro atoms. The van der Waals surface area contributed by atoms with Crippen LogP contribution in [-0.4, -0.2) is 0 Å². The minimum atomic E-state index is -0.479. The minimum Gasteiger partial charge on any atom is -0.389 e. The molecule has 0 radical (unpaired) electrons. The lowest BCUT2D eigenvalue weighted by Crippen LogP contribution is -1.85. The smallest absolute Gasteiger partial charge is 0.143 e. The molecule has 0 unspecified atom stereocenters. The third-order valence-corrected chi connectivity index (χ3v) is 3.71. The van der Waals surface area contributed by atoms with Crippen molar-refractivity contribution in [1.29, 1.82) is 5.26 Å². The number of nitrogens with two attached hydrogens (primary N) is 1. The van der Waals surface area contributed by atoms with Crippen molar-refractivity contribution in [3.63, 3.8) is 0 Å². The molecular formula is C10H6ClFN2S. The second-order valence-electron chi connectivity index (χ2n) is 3.15. The Labute approximate surface area is 94.7 Å². The van der Waals surface area contributed by atoms with Gasteiger partial charge in [0.1, 0.15) is 16.9 Å². The fourth-order valence-electron chi connectivity index (χ4n) is 1.52. The molecular weight excluding hydrogens is 235 g/mol. The predicted octanol–water partition coefficient (Wildman–Crippen LogP) is 3.46. The summed E-state index contributed by atoms with van der Waals surface area (Å²) in [7, 11) is 0. The molecule has 0 bridgehead atoms. The number of benzene rings is 1. The summed E-state index contributed by atoms with van der Waals surface area (Å²) in [6.45, 7) is 1.73. The van der Waals surface area contributed by atoms with Crippen LogP contribution in [0.15, 0.2) is 6.07 Å². The first-order valence-corrected chi connectivity index (χ1v) is 5.32. The maximum absolute atomic E-state index is 13.3. The number of halogens is 2. The maximum atomic E-state index is 13.3. The van der Waals surface area contributed by atoms with Crippen molar-refractivity contribution in [2.75, 3.05) is 5.73 Å². The second-order valence-corrected chi connectivity index (χ2v) is 4.58. The summed E-state index contributed by atoms with van der Waals surface area (Å²) in [6.07, 6.45) is 0. The van der Waals surface area contributed by atoms with Crippen LogP contribution >= 0.6 is 22.9 Å². The molecule has 0 amide bonds. The summed E-state index contributed by atoms with van der Waals surface area (Å²) < 4.78 is 13.9. The van der Waals surface area contributed by atoms with Gasteiger partial charge in [-0.2, -0.15) is 5.26 Å². The fraction of sp³-hybridized carbons (Fsp3) is 0.100. The zero-order chi connectivity index (χ0) is 11.2. The lowest BCUT2D eigenvalue weighted by molar-refractivity contribution is 0.629. The van der Waals surface area contributed by atoms with Gasteiger partial charge < -0.3 is 5.73 Å². The zero-order valence-corrected chi connectivity index (χ0v) is 9.34. The highest BCUT2D eigenvalue weighted by Crippen LogP contribution is 2.40. The summed E-state index contributed by atoms with van der Waals surface area (Å²) in [6, 6.07) is 3.33. The average Bonchev–Trinajstić information content (AvgIpc) is 2.52. The third-order valence-electron chi connectivity index (χ3n) is 2.19. The number of anilines is 1. The van der Waals surface area contributed by atoms with E-state index in [1.54, 1.807) is 6.92 Å². The molecule has 0 saturated heterocycles. The Kier molecular flexibility index (Phi) is 2.29. The van der Waals surface area contributed by atoms with Gasteiger partial charge in [-0.3, -0.25) is 0 Å². The van der Waals surface area contributed by atoms with E-state index in [2.05, 4.69) is 0 Å². The Morgan fingerprint density at radius 1 is 1.60 bits per heavy atom. The Hall–Kier alpha value is -1.31. The molecule has 0 atom stereocenters. The van der Waals surface area contributed by atoms with Crippen LogP contribution in [-0.2, 0) is 0 Å². The summed E-state index contributed by atoms with van der Waals surface area (Å²) in [4.78, 5) is 0. The molecule has 5 heteroatoms. The van der Waals surface area contributed by atoms with Crippen molar-refractivity contribution < 1.29 is 4.39 Å². The predicted molar refractivity (Wildman–Crippen MR) is 60.7 cm³/mol. The van der Waals surface area contributed by atoms with Gasteiger partial charge in [0.25, 0.3) is 0 Å². The first kappa shape index (κ1) is 10.2. The van der Waals surface area contributed by atoms with Crippen LogP contribution in [0.1, 0.15) is 11.1 Å². The summed E-state index contributed by atoms with van der Waals surface area (Å²) >= 11 is 6.95. The molecule has 0 aliphatic heterocycles. The van der Waals surface area contributed by atoms with Crippen molar-refractivity contribution in [2.45, 2.75) is 6.92 Å². The van der Waals surface area contributed by atoms with Crippen molar-refractivity contribution in [3.05, 3.63) is 28.0 Å². The van der Waals surface area contributed by atoms with Crippen LogP contribution in [0.3, 0.4) is 0 Å². The normalized spacial score (nSPS) is 10.5. The van der Waals surface area contributed by atoms with Crippen LogP contribution in [0.25, 0.3) is 10.1 Å². The summed E-state index contributed by atoms with van der Waals surface area (Å²) in [5.74, 6) is -0.479. The molecule has 1 aromatic heterocycles. The molecule has 0 aliphatic carbocycles. The lowest BCUT2D eigenvalue weighted by atomic mass is 10.1. The number of thiophene rings is 1. The van der Waals surface area contributed by atoms with E-state index in [9.17, 15) is 4.39 Å². The van der Waals surface area contributed by atoms with E-state index in [-0.39, 0.29) is 5.02 Å². The van der Waals surface area contributed by atoms with E-state index >= 15 is 0 Å². The van der Waals surface area contributed by atoms with E-state index in [0.717, 1.165) is 11.3 Å². The molecule has 1 aromatic carbocycles. The van der Waals surface area contributed by atoms with Gasteiger partial charge in [0, 0.05) is 5.39 Å². The quantitative estimate of drug-likeness (QED) is 0.767. The van der Waals surface area contributed by atoms with E-state index in [1.165, 1.54) is 6.07 Å². The Morgan fingerprint density at radius 2 is 2.27 bits per heavy atom. The van der Waals surface area contributed by atoms with E-state index in [1.807, 2.05) is 6.07 Å². The van der Waals surface area contributed by atoms with Gasteiger partial charge >= 0.3 is 0 Å². The van der Waals surface area contributed by atoms with Crippen LogP contribution in [0.2, 0.25) is 5.02 Å². The number of hydrogen-bond acceptors (Lipinski definition) is 3. The average molecular weight is 241 g/mol. The van der Waals surface area contributed by atoms with Crippen molar-refractivity contribution in [2.24, 2.45) is 0 Å². The third kappa shape index (κ3) is 1.36. The largest absolute Gasteiger partial charge is 0.389 e. The number of hydrogen-bond donors (Lipinski definition) is 1. The molecule has 1 heterocycles. The lowest BCUT2D eigenvalue weighted by Gasteiger charge is -2.00. The van der Waals surface area contributed by atoms with Gasteiger partial charge in [0.05, 0.1) is 15.3 Å². The summed E-state index contributed by atoms with van der Waals surface area (Å²) in [5, 5.41) is 10.0. The number of aryl methyl sites for hydroxylation is 1. The van der Waals surface area contributed by atoms with Crippen molar-refractivity contribution in [1.82, 2.24) is 0 Å². The van der Waals surface area contributed by atoms with E-state index in [4.69, 9.17) is 22.6 Å². The van der Waals surface area contributed by atoms with Gasteiger partial charge in [-0.05, 0) is 18.6 Å². The van der Waals surface area contributed by atoms with Crippen LogP contribution in [0.4, 0.5) is 9.39 Å². The Balaban J connectivity index is 3.04. The van der Waals surface area contributed by atoms with Gasteiger partial charge in [0.15, 0.2) is 0 Å². The van der Waals surface area contributed by atoms with E-state index in [0.29, 0.717) is 26.2 Å². The molecule has 76 valence electrons. The molecule has 15 heavy (non-hydrogen) atoms. The maximum Gasteiger partial charge on any atom is 0.143 e. The minimum absolute atomic E-state index is 0.0359. The molecule has 2 rings (SSSR count). The van der Waals surface area contributed by atoms with Crippen molar-refractivity contribution >= 4 is 38.0 Å². The fourth-order valence-corrected chi connectivity index (χ4v) is 2.81. The number of nitrogens with zero attached hydrogens (tertiary/aromatic N) is 1. The molecule has 2 N–H and O–H groups in total. The molecule has 2 nitrogen and oxygen atoms in total. The second kappa shape index (κ2) is 3.37. The van der Waals surface area contributed by atoms with Crippen LogP contribution in [0.5, 0.6) is 0 Å². The van der Waals surface area contributed by atoms with Gasteiger partial charge in [0.2, 0.25) is 0 Å². The first-order chi connectivity index (χ1) is 7.06. The number of fused-ring (bicyclic) bond motifs is 1. The number of nitrogen functional groups attached to an aromatic ring is 1. The highest BCUT2D eigenvalue weighted by molar-refractivity contribution is 7.23. The zero-order valence-electron chi connectivity index (χ0n) is 7.77. The van der Waals surface area contributed by atoms with Gasteiger partial charge in [-0.15, -0.1) is 11.3 Å². The van der Waals surface area contributed by atoms with Gasteiger partial charge in [-0.25, -0.2) is 4.39 Å². The van der Waals surface area contributed by atoms with Crippen LogP contribution in [0, 0.1) is 24.1 Å². The molecule has 0 aliphatic rings. The molecule has 0 fully saturated rings. The van der Waals surface area contributed by atoms with Gasteiger partial charge in [-0.1, -0.05) is 11.6 Å². The highest BCUT2D eigenvalue weighted by Gasteiger charge is 2.17.